The van der Waals surface area contributed by atoms with Gasteiger partial charge in [-0.3, -0.25) is 14.4 Å². The Morgan fingerprint density at radius 3 is 2.32 bits per heavy atom. The second-order valence-corrected chi connectivity index (χ2v) is 7.98. The van der Waals surface area contributed by atoms with Crippen LogP contribution in [-0.4, -0.2) is 119 Å². The SMILES string of the molecule is O=C(CCN1CC=C=CC1=O)NCCOCCOCCOCCOCCC(=O)ON1COCCCC1=O. The van der Waals surface area contributed by atoms with Crippen molar-refractivity contribution in [2.75, 3.05) is 85.8 Å². The highest BCUT2D eigenvalue weighted by atomic mass is 16.7. The van der Waals surface area contributed by atoms with Gasteiger partial charge in [-0.1, -0.05) is 0 Å². The molecule has 0 spiro atoms. The number of nitrogens with zero attached hydrogens (tertiary/aromatic N) is 2. The monoisotopic (exact) mass is 527 g/mol. The molecule has 13 heteroatoms. The van der Waals surface area contributed by atoms with Gasteiger partial charge in [0.05, 0.1) is 59.3 Å². The van der Waals surface area contributed by atoms with Gasteiger partial charge < -0.3 is 38.7 Å². The van der Waals surface area contributed by atoms with Crippen LogP contribution in [0.2, 0.25) is 0 Å². The summed E-state index contributed by atoms with van der Waals surface area (Å²) in [4.78, 5) is 53.4. The van der Waals surface area contributed by atoms with Crippen LogP contribution in [0.4, 0.5) is 0 Å². The lowest BCUT2D eigenvalue weighted by atomic mass is 10.3. The zero-order valence-electron chi connectivity index (χ0n) is 21.2. The molecule has 3 amide bonds. The van der Waals surface area contributed by atoms with Gasteiger partial charge in [-0.2, -0.15) is 0 Å². The summed E-state index contributed by atoms with van der Waals surface area (Å²) in [5.74, 6) is -1.09. The zero-order valence-corrected chi connectivity index (χ0v) is 21.2. The van der Waals surface area contributed by atoms with E-state index in [0.29, 0.717) is 85.3 Å². The summed E-state index contributed by atoms with van der Waals surface area (Å²) in [6.45, 7) is 4.43. The van der Waals surface area contributed by atoms with Gasteiger partial charge in [0, 0.05) is 45.2 Å². The molecule has 0 unspecified atom stereocenters. The van der Waals surface area contributed by atoms with Crippen LogP contribution in [0.3, 0.4) is 0 Å². The Hall–Kier alpha value is -2.80. The van der Waals surface area contributed by atoms with E-state index >= 15 is 0 Å². The largest absolute Gasteiger partial charge is 0.378 e. The van der Waals surface area contributed by atoms with E-state index in [4.69, 9.17) is 28.5 Å². The number of amides is 3. The standard InChI is InChI=1S/C24H37N3O10/c28-21(6-10-26-9-2-1-4-22(26)29)25-8-13-33-15-17-35-19-18-34-16-14-32-12-7-24(31)37-27-20-36-11-3-5-23(27)30/h2,4H,3,5-20H2,(H,25,28). The molecule has 2 aliphatic heterocycles. The van der Waals surface area contributed by atoms with Crippen LogP contribution in [-0.2, 0) is 47.7 Å². The maximum atomic E-state index is 11.8. The van der Waals surface area contributed by atoms with Crippen molar-refractivity contribution < 1.29 is 47.7 Å². The second kappa shape index (κ2) is 19.3. The quantitative estimate of drug-likeness (QED) is 0.173. The molecule has 0 atom stereocenters. The van der Waals surface area contributed by atoms with Crippen LogP contribution in [0, 0.1) is 0 Å². The summed E-state index contributed by atoms with van der Waals surface area (Å²) in [5.41, 5.74) is 2.74. The van der Waals surface area contributed by atoms with Crippen molar-refractivity contribution in [1.82, 2.24) is 15.3 Å². The fourth-order valence-corrected chi connectivity index (χ4v) is 3.10. The molecule has 13 nitrogen and oxygen atoms in total. The Balaban J connectivity index is 1.29. The van der Waals surface area contributed by atoms with E-state index in [0.717, 1.165) is 5.06 Å². The summed E-state index contributed by atoms with van der Waals surface area (Å²) in [5, 5.41) is 3.69. The van der Waals surface area contributed by atoms with Crippen LogP contribution in [0.15, 0.2) is 17.9 Å². The first-order valence-corrected chi connectivity index (χ1v) is 12.4. The highest BCUT2D eigenvalue weighted by Crippen LogP contribution is 2.06. The Kier molecular flexibility index (Phi) is 15.9. The molecule has 2 aliphatic rings. The summed E-state index contributed by atoms with van der Waals surface area (Å²) in [6.07, 6.45) is 4.27. The molecule has 2 heterocycles. The van der Waals surface area contributed by atoms with E-state index in [1.54, 1.807) is 11.0 Å². The van der Waals surface area contributed by atoms with Gasteiger partial charge in [-0.25, -0.2) is 4.79 Å². The van der Waals surface area contributed by atoms with Crippen molar-refractivity contribution >= 4 is 23.7 Å². The number of hydrogen-bond acceptors (Lipinski definition) is 10. The van der Waals surface area contributed by atoms with Crippen molar-refractivity contribution in [3.63, 3.8) is 0 Å². The molecule has 0 aromatic carbocycles. The van der Waals surface area contributed by atoms with E-state index in [-0.39, 0.29) is 43.9 Å². The summed E-state index contributed by atoms with van der Waals surface area (Å²) < 4.78 is 26.7. The number of carbonyl (C=O) groups excluding carboxylic acids is 4. The molecule has 1 fully saturated rings. The summed E-state index contributed by atoms with van der Waals surface area (Å²) in [7, 11) is 0. The molecular formula is C24H37N3O10. The molecule has 0 aliphatic carbocycles. The molecule has 0 aromatic rings. The smallest absolute Gasteiger partial charge is 0.334 e. The molecule has 0 radical (unpaired) electrons. The number of carbonyl (C=O) groups is 4. The molecule has 0 saturated carbocycles. The number of nitrogens with one attached hydrogen (secondary N) is 1. The van der Waals surface area contributed by atoms with Gasteiger partial charge in [0.15, 0.2) is 6.73 Å². The van der Waals surface area contributed by atoms with Crippen LogP contribution >= 0.6 is 0 Å². The Morgan fingerprint density at radius 2 is 1.62 bits per heavy atom. The third-order valence-corrected chi connectivity index (χ3v) is 5.07. The van der Waals surface area contributed by atoms with E-state index in [9.17, 15) is 19.2 Å². The number of hydroxylamine groups is 2. The van der Waals surface area contributed by atoms with E-state index in [2.05, 4.69) is 11.0 Å². The van der Waals surface area contributed by atoms with Crippen molar-refractivity contribution in [3.8, 4) is 0 Å². The maximum absolute atomic E-state index is 11.8. The predicted octanol–water partition coefficient (Wildman–Crippen LogP) is -0.443. The Bertz CT molecular complexity index is 785. The minimum absolute atomic E-state index is 0.0197. The Labute approximate surface area is 216 Å². The minimum atomic E-state index is -0.556. The van der Waals surface area contributed by atoms with E-state index in [1.165, 1.54) is 6.08 Å². The molecule has 2 rings (SSSR count). The first kappa shape index (κ1) is 30.4. The van der Waals surface area contributed by atoms with Crippen LogP contribution in [0.25, 0.3) is 0 Å². The average Bonchev–Trinajstić information content (AvgIpc) is 3.09. The number of ether oxygens (including phenoxy) is 5. The summed E-state index contributed by atoms with van der Waals surface area (Å²) >= 11 is 0. The lowest BCUT2D eigenvalue weighted by Gasteiger charge is -2.20. The topological polar surface area (TPSA) is 142 Å². The minimum Gasteiger partial charge on any atom is -0.378 e. The maximum Gasteiger partial charge on any atom is 0.334 e. The highest BCUT2D eigenvalue weighted by Gasteiger charge is 2.21. The lowest BCUT2D eigenvalue weighted by Crippen LogP contribution is -2.36. The third kappa shape index (κ3) is 14.5. The lowest BCUT2D eigenvalue weighted by molar-refractivity contribution is -0.213. The van der Waals surface area contributed by atoms with E-state index in [1.807, 2.05) is 0 Å². The molecule has 1 saturated heterocycles. The zero-order chi connectivity index (χ0) is 26.6. The Morgan fingerprint density at radius 1 is 0.946 bits per heavy atom. The second-order valence-electron chi connectivity index (χ2n) is 7.98. The average molecular weight is 528 g/mol. The van der Waals surface area contributed by atoms with Crippen LogP contribution in [0.5, 0.6) is 0 Å². The van der Waals surface area contributed by atoms with Crippen molar-refractivity contribution in [3.05, 3.63) is 17.9 Å². The normalized spacial score (nSPS) is 15.7. The molecule has 208 valence electrons. The predicted molar refractivity (Wildman–Crippen MR) is 128 cm³/mol. The van der Waals surface area contributed by atoms with Crippen LogP contribution < -0.4 is 5.32 Å². The third-order valence-electron chi connectivity index (χ3n) is 5.07. The van der Waals surface area contributed by atoms with Gasteiger partial charge >= 0.3 is 5.97 Å². The number of rotatable bonds is 19. The van der Waals surface area contributed by atoms with Gasteiger partial charge in [0.25, 0.3) is 11.8 Å². The fraction of sp³-hybridized carbons (Fsp3) is 0.708. The van der Waals surface area contributed by atoms with Crippen molar-refractivity contribution in [1.29, 1.82) is 0 Å². The fourth-order valence-electron chi connectivity index (χ4n) is 3.10. The first-order chi connectivity index (χ1) is 18.1. The molecule has 0 aromatic heterocycles. The molecule has 1 N–H and O–H groups in total. The van der Waals surface area contributed by atoms with Gasteiger partial charge in [0.2, 0.25) is 5.91 Å². The van der Waals surface area contributed by atoms with Gasteiger partial charge in [-0.05, 0) is 12.5 Å². The van der Waals surface area contributed by atoms with Crippen molar-refractivity contribution in [2.24, 2.45) is 0 Å². The van der Waals surface area contributed by atoms with Gasteiger partial charge in [0.1, 0.15) is 0 Å². The van der Waals surface area contributed by atoms with Crippen LogP contribution in [0.1, 0.15) is 25.7 Å². The van der Waals surface area contributed by atoms with Crippen molar-refractivity contribution in [2.45, 2.75) is 25.7 Å². The van der Waals surface area contributed by atoms with E-state index < -0.39 is 5.97 Å². The molecule has 37 heavy (non-hydrogen) atoms. The molecule has 0 bridgehead atoms. The molecular weight excluding hydrogens is 490 g/mol. The first-order valence-electron chi connectivity index (χ1n) is 12.4. The number of hydrogen-bond donors (Lipinski definition) is 1. The summed E-state index contributed by atoms with van der Waals surface area (Å²) in [6, 6.07) is 0. The van der Waals surface area contributed by atoms with Gasteiger partial charge in [-0.15, -0.1) is 10.8 Å². The highest BCUT2D eigenvalue weighted by molar-refractivity contribution is 5.88.